The van der Waals surface area contributed by atoms with E-state index in [9.17, 15) is 0 Å². The first-order valence-electron chi connectivity index (χ1n) is 4.59. The molecule has 1 aromatic rings. The molecule has 76 valence electrons. The Labute approximate surface area is 94.9 Å². The van der Waals surface area contributed by atoms with E-state index in [2.05, 4.69) is 32.1 Å². The third-order valence-corrected chi connectivity index (χ3v) is 3.52. The fraction of sp³-hybridized carbons (Fsp3) is 0.333. The minimum Gasteiger partial charge on any atom is -0.141 e. The van der Waals surface area contributed by atoms with Gasteiger partial charge in [0.25, 0.3) is 0 Å². The van der Waals surface area contributed by atoms with Crippen molar-refractivity contribution in [1.82, 2.24) is 0 Å². The molecule has 0 nitrogen and oxygen atoms in total. The van der Waals surface area contributed by atoms with Gasteiger partial charge in [-0.25, -0.2) is 0 Å². The number of rotatable bonds is 2. The van der Waals surface area contributed by atoms with Gasteiger partial charge in [-0.3, -0.25) is 0 Å². The number of aryl methyl sites for hydroxylation is 2. The molecule has 0 aliphatic carbocycles. The van der Waals surface area contributed by atoms with Gasteiger partial charge in [0, 0.05) is 14.8 Å². The van der Waals surface area contributed by atoms with Crippen LogP contribution in [0.15, 0.2) is 22.7 Å². The smallest absolute Gasteiger partial charge is 0.0302 e. The summed E-state index contributed by atoms with van der Waals surface area (Å²) in [6, 6.07) is 2.21. The third-order valence-electron chi connectivity index (χ3n) is 2.11. The molecule has 0 aliphatic rings. The Hall–Kier alpha value is -0.530. The third kappa shape index (κ3) is 3.00. The van der Waals surface area contributed by atoms with E-state index in [4.69, 9.17) is 11.6 Å². The van der Waals surface area contributed by atoms with Gasteiger partial charge >= 0.3 is 0 Å². The standard InChI is InChI=1S/C12H15ClS/c1-8(11(4)13)5-6-12-9(2)7-10(3)14-12/h5-7H,1-4H3/b6-5-,11-8+. The van der Waals surface area contributed by atoms with Crippen LogP contribution in [-0.2, 0) is 0 Å². The van der Waals surface area contributed by atoms with Crippen LogP contribution in [0.3, 0.4) is 0 Å². The highest BCUT2D eigenvalue weighted by molar-refractivity contribution is 7.13. The molecular formula is C12H15ClS. The van der Waals surface area contributed by atoms with Crippen molar-refractivity contribution in [3.8, 4) is 0 Å². The Kier molecular flexibility index (Phi) is 3.97. The molecule has 14 heavy (non-hydrogen) atoms. The van der Waals surface area contributed by atoms with E-state index < -0.39 is 0 Å². The molecule has 0 amide bonds. The second-order valence-corrected chi connectivity index (χ2v) is 5.31. The molecule has 2 heteroatoms. The molecule has 0 bridgehead atoms. The summed E-state index contributed by atoms with van der Waals surface area (Å²) in [5.74, 6) is 0. The first-order valence-corrected chi connectivity index (χ1v) is 5.78. The Morgan fingerprint density at radius 2 is 2.00 bits per heavy atom. The van der Waals surface area contributed by atoms with Crippen LogP contribution in [0.4, 0.5) is 0 Å². The molecule has 0 spiro atoms. The van der Waals surface area contributed by atoms with Gasteiger partial charge in [0.05, 0.1) is 0 Å². The van der Waals surface area contributed by atoms with E-state index in [0.29, 0.717) is 0 Å². The fourth-order valence-corrected chi connectivity index (χ4v) is 2.14. The average molecular weight is 227 g/mol. The van der Waals surface area contributed by atoms with Gasteiger partial charge in [-0.1, -0.05) is 17.7 Å². The zero-order valence-electron chi connectivity index (χ0n) is 9.02. The van der Waals surface area contributed by atoms with E-state index in [1.54, 1.807) is 0 Å². The van der Waals surface area contributed by atoms with E-state index >= 15 is 0 Å². The van der Waals surface area contributed by atoms with Crippen LogP contribution >= 0.6 is 22.9 Å². The molecule has 0 saturated carbocycles. The lowest BCUT2D eigenvalue weighted by Crippen LogP contribution is -1.72. The second kappa shape index (κ2) is 4.81. The quantitative estimate of drug-likeness (QED) is 0.629. The van der Waals surface area contributed by atoms with Crippen LogP contribution in [0.1, 0.15) is 29.2 Å². The zero-order valence-corrected chi connectivity index (χ0v) is 10.6. The predicted octanol–water partition coefficient (Wildman–Crippen LogP) is 4.91. The van der Waals surface area contributed by atoms with E-state index in [0.717, 1.165) is 10.6 Å². The predicted molar refractivity (Wildman–Crippen MR) is 67.1 cm³/mol. The van der Waals surface area contributed by atoms with Crippen LogP contribution in [0.25, 0.3) is 6.08 Å². The SMILES string of the molecule is C/C(Cl)=C(C)\C=C/c1sc(C)cc1C. The number of hydrogen-bond donors (Lipinski definition) is 0. The Morgan fingerprint density at radius 1 is 1.36 bits per heavy atom. The summed E-state index contributed by atoms with van der Waals surface area (Å²) in [6.45, 7) is 8.20. The van der Waals surface area contributed by atoms with Crippen molar-refractivity contribution in [2.24, 2.45) is 0 Å². The van der Waals surface area contributed by atoms with Crippen LogP contribution in [-0.4, -0.2) is 0 Å². The van der Waals surface area contributed by atoms with Gasteiger partial charge in [0.1, 0.15) is 0 Å². The van der Waals surface area contributed by atoms with E-state index in [1.807, 2.05) is 25.2 Å². The number of hydrogen-bond acceptors (Lipinski definition) is 1. The molecular weight excluding hydrogens is 212 g/mol. The molecule has 0 N–H and O–H groups in total. The lowest BCUT2D eigenvalue weighted by atomic mass is 10.2. The molecule has 0 saturated heterocycles. The van der Waals surface area contributed by atoms with Gasteiger partial charge in [-0.15, -0.1) is 11.3 Å². The van der Waals surface area contributed by atoms with Crippen molar-refractivity contribution < 1.29 is 0 Å². The van der Waals surface area contributed by atoms with Gasteiger partial charge in [-0.05, 0) is 51.0 Å². The Balaban J connectivity index is 2.89. The first kappa shape index (κ1) is 11.5. The number of halogens is 1. The summed E-state index contributed by atoms with van der Waals surface area (Å²) < 4.78 is 0. The molecule has 0 aromatic carbocycles. The topological polar surface area (TPSA) is 0 Å². The van der Waals surface area contributed by atoms with Gasteiger partial charge < -0.3 is 0 Å². The van der Waals surface area contributed by atoms with Crippen molar-refractivity contribution in [2.45, 2.75) is 27.7 Å². The zero-order chi connectivity index (χ0) is 10.7. The fourth-order valence-electron chi connectivity index (χ4n) is 1.14. The van der Waals surface area contributed by atoms with Crippen LogP contribution in [0, 0.1) is 13.8 Å². The van der Waals surface area contributed by atoms with Crippen LogP contribution < -0.4 is 0 Å². The summed E-state index contributed by atoms with van der Waals surface area (Å²) in [6.07, 6.45) is 4.20. The monoisotopic (exact) mass is 226 g/mol. The summed E-state index contributed by atoms with van der Waals surface area (Å²) in [5, 5.41) is 0.854. The van der Waals surface area contributed by atoms with Crippen LogP contribution in [0.5, 0.6) is 0 Å². The lowest BCUT2D eigenvalue weighted by molar-refractivity contribution is 1.45. The van der Waals surface area contributed by atoms with E-state index in [1.165, 1.54) is 15.3 Å². The van der Waals surface area contributed by atoms with Gasteiger partial charge in [0.15, 0.2) is 0 Å². The highest BCUT2D eigenvalue weighted by Gasteiger charge is 1.98. The Morgan fingerprint density at radius 3 is 2.43 bits per heavy atom. The normalized spacial score (nSPS) is 13.5. The molecule has 0 atom stereocenters. The maximum Gasteiger partial charge on any atom is 0.0302 e. The maximum atomic E-state index is 5.87. The molecule has 0 unspecified atom stereocenters. The highest BCUT2D eigenvalue weighted by Crippen LogP contribution is 2.23. The molecule has 0 aliphatic heterocycles. The highest BCUT2D eigenvalue weighted by atomic mass is 35.5. The minimum absolute atomic E-state index is 0.854. The van der Waals surface area contributed by atoms with Crippen LogP contribution in [0.2, 0.25) is 0 Å². The summed E-state index contributed by atoms with van der Waals surface area (Å²) in [7, 11) is 0. The molecule has 0 radical (unpaired) electrons. The number of thiophene rings is 1. The molecule has 0 fully saturated rings. The molecule has 1 aromatic heterocycles. The van der Waals surface area contributed by atoms with Gasteiger partial charge in [0.2, 0.25) is 0 Å². The van der Waals surface area contributed by atoms with Gasteiger partial charge in [-0.2, -0.15) is 0 Å². The van der Waals surface area contributed by atoms with Crippen molar-refractivity contribution in [3.05, 3.63) is 38.1 Å². The average Bonchev–Trinajstić information content (AvgIpc) is 2.40. The Bertz CT molecular complexity index is 379. The van der Waals surface area contributed by atoms with Crippen molar-refractivity contribution in [2.75, 3.05) is 0 Å². The van der Waals surface area contributed by atoms with E-state index in [-0.39, 0.29) is 0 Å². The first-order chi connectivity index (χ1) is 6.50. The van der Waals surface area contributed by atoms with Crippen molar-refractivity contribution in [1.29, 1.82) is 0 Å². The van der Waals surface area contributed by atoms with Crippen molar-refractivity contribution in [3.63, 3.8) is 0 Å². The summed E-state index contributed by atoms with van der Waals surface area (Å²) >= 11 is 7.69. The lowest BCUT2D eigenvalue weighted by Gasteiger charge is -1.93. The number of allylic oxidation sites excluding steroid dienone is 3. The maximum absolute atomic E-state index is 5.87. The molecule has 1 rings (SSSR count). The second-order valence-electron chi connectivity index (χ2n) is 3.45. The molecule has 1 heterocycles. The summed E-state index contributed by atoms with van der Waals surface area (Å²) in [5.41, 5.74) is 2.46. The summed E-state index contributed by atoms with van der Waals surface area (Å²) in [4.78, 5) is 2.67. The van der Waals surface area contributed by atoms with Crippen molar-refractivity contribution >= 4 is 29.0 Å². The minimum atomic E-state index is 0.854. The largest absolute Gasteiger partial charge is 0.141 e.